The molecule has 0 unspecified atom stereocenters. The lowest BCUT2D eigenvalue weighted by atomic mass is 10.1. The Hall–Kier alpha value is -2.84. The first kappa shape index (κ1) is 19.2. The molecule has 0 aliphatic carbocycles. The van der Waals surface area contributed by atoms with Crippen molar-refractivity contribution >= 4 is 23.9 Å². The molecule has 0 saturated carbocycles. The number of hydrogen-bond acceptors (Lipinski definition) is 7. The summed E-state index contributed by atoms with van der Waals surface area (Å²) in [7, 11) is 0. The van der Waals surface area contributed by atoms with E-state index in [1.165, 1.54) is 0 Å². The number of esters is 2. The summed E-state index contributed by atoms with van der Waals surface area (Å²) >= 11 is 0. The van der Waals surface area contributed by atoms with Crippen LogP contribution in [0.15, 0.2) is 0 Å². The molecule has 1 aromatic heterocycles. The van der Waals surface area contributed by atoms with Crippen LogP contribution in [-0.4, -0.2) is 48.7 Å². The number of alkyl carbamates (subject to hydrolysis) is 1. The summed E-state index contributed by atoms with van der Waals surface area (Å²) in [5.41, 5.74) is 1.06. The third-order valence-electron chi connectivity index (χ3n) is 2.97. The Balaban J connectivity index is 2.73. The van der Waals surface area contributed by atoms with E-state index in [2.05, 4.69) is 9.72 Å². The number of imide groups is 1. The minimum atomic E-state index is -0.919. The molecule has 2 N–H and O–H groups in total. The monoisotopic (exact) mass is 340 g/mol. The predicted octanol–water partition coefficient (Wildman–Crippen LogP) is 1.24. The number of carbonyl (C=O) groups is 4. The maximum Gasteiger partial charge on any atom is 0.413 e. The number of nitrogens with one attached hydrogen (secondary N) is 2. The summed E-state index contributed by atoms with van der Waals surface area (Å²) < 4.78 is 14.3. The van der Waals surface area contributed by atoms with Crippen LogP contribution in [0.1, 0.15) is 46.0 Å². The average Bonchev–Trinajstić information content (AvgIpc) is 2.80. The van der Waals surface area contributed by atoms with Crippen LogP contribution < -0.4 is 5.32 Å². The molecule has 0 radical (unpaired) electrons. The molecule has 1 aromatic rings. The highest BCUT2D eigenvalue weighted by Crippen LogP contribution is 2.19. The Kier molecular flexibility index (Phi) is 6.97. The highest BCUT2D eigenvalue weighted by molar-refractivity contribution is 6.00. The molecule has 0 aromatic carbocycles. The van der Waals surface area contributed by atoms with Crippen molar-refractivity contribution in [2.45, 2.75) is 27.7 Å². The number of ether oxygens (including phenoxy) is 3. The van der Waals surface area contributed by atoms with Gasteiger partial charge in [0.05, 0.1) is 18.8 Å². The second-order valence-electron chi connectivity index (χ2n) is 4.69. The maximum atomic E-state index is 12.1. The maximum absolute atomic E-state index is 12.1. The van der Waals surface area contributed by atoms with Gasteiger partial charge in [0.2, 0.25) is 0 Å². The summed E-state index contributed by atoms with van der Waals surface area (Å²) in [6, 6.07) is 0. The lowest BCUT2D eigenvalue weighted by molar-refractivity contribution is -0.123. The van der Waals surface area contributed by atoms with Crippen LogP contribution >= 0.6 is 0 Å². The normalized spacial score (nSPS) is 10.0. The average molecular weight is 340 g/mol. The van der Waals surface area contributed by atoms with Crippen molar-refractivity contribution < 1.29 is 33.4 Å². The van der Waals surface area contributed by atoms with Gasteiger partial charge < -0.3 is 19.2 Å². The number of carbonyl (C=O) groups excluding carboxylic acids is 4. The Morgan fingerprint density at radius 3 is 2.17 bits per heavy atom. The van der Waals surface area contributed by atoms with Gasteiger partial charge in [-0.05, 0) is 33.3 Å². The number of rotatable bonds is 6. The molecule has 0 aliphatic rings. The molecule has 1 rings (SSSR count). The van der Waals surface area contributed by atoms with Gasteiger partial charge in [-0.25, -0.2) is 14.4 Å². The molecule has 2 amide bonds. The molecule has 0 saturated heterocycles. The highest BCUT2D eigenvalue weighted by atomic mass is 16.6. The molecule has 9 nitrogen and oxygen atoms in total. The smallest absolute Gasteiger partial charge is 0.413 e. The van der Waals surface area contributed by atoms with E-state index < -0.39 is 30.5 Å². The first-order valence-electron chi connectivity index (χ1n) is 7.31. The van der Waals surface area contributed by atoms with E-state index in [1.807, 2.05) is 5.32 Å². The minimum Gasteiger partial charge on any atom is -0.461 e. The van der Waals surface area contributed by atoms with Crippen molar-refractivity contribution in [3.63, 3.8) is 0 Å². The number of amides is 2. The first-order chi connectivity index (χ1) is 11.3. The summed E-state index contributed by atoms with van der Waals surface area (Å²) in [6.07, 6.45) is -0.919. The van der Waals surface area contributed by atoms with Gasteiger partial charge in [-0.15, -0.1) is 0 Å². The quantitative estimate of drug-likeness (QED) is 0.589. The lowest BCUT2D eigenvalue weighted by Crippen LogP contribution is -2.34. The van der Waals surface area contributed by atoms with Crippen LogP contribution in [0.2, 0.25) is 0 Å². The standard InChI is InChI=1S/C15H20N2O7/c1-5-22-14(20)12-8(3)11(9(4)16-12)13(19)24-7-10(18)17-15(21)23-6-2/h16H,5-7H2,1-4H3,(H,17,18,21). The van der Waals surface area contributed by atoms with Crippen LogP contribution in [0.4, 0.5) is 4.79 Å². The highest BCUT2D eigenvalue weighted by Gasteiger charge is 2.24. The zero-order valence-corrected chi connectivity index (χ0v) is 14.0. The van der Waals surface area contributed by atoms with Crippen LogP contribution in [0.3, 0.4) is 0 Å². The molecule has 9 heteroatoms. The van der Waals surface area contributed by atoms with E-state index in [0.29, 0.717) is 11.3 Å². The first-order valence-corrected chi connectivity index (χ1v) is 7.31. The van der Waals surface area contributed by atoms with Gasteiger partial charge in [0.15, 0.2) is 6.61 Å². The van der Waals surface area contributed by atoms with E-state index >= 15 is 0 Å². The van der Waals surface area contributed by atoms with Crippen molar-refractivity contribution in [3.8, 4) is 0 Å². The van der Waals surface area contributed by atoms with Crippen molar-refractivity contribution in [3.05, 3.63) is 22.5 Å². The molecular formula is C15H20N2O7. The SMILES string of the molecule is CCOC(=O)NC(=O)COC(=O)c1c(C)[nH]c(C(=O)OCC)c1C. The van der Waals surface area contributed by atoms with E-state index in [9.17, 15) is 19.2 Å². The molecule has 0 bridgehead atoms. The fourth-order valence-electron chi connectivity index (χ4n) is 1.98. The lowest BCUT2D eigenvalue weighted by Gasteiger charge is -2.06. The zero-order valence-electron chi connectivity index (χ0n) is 14.0. The summed E-state index contributed by atoms with van der Waals surface area (Å²) in [4.78, 5) is 49.2. The van der Waals surface area contributed by atoms with Crippen molar-refractivity contribution in [1.82, 2.24) is 10.3 Å². The Morgan fingerprint density at radius 2 is 1.58 bits per heavy atom. The van der Waals surface area contributed by atoms with Gasteiger partial charge in [-0.1, -0.05) is 0 Å². The number of hydrogen-bond donors (Lipinski definition) is 2. The third kappa shape index (κ3) is 4.83. The van der Waals surface area contributed by atoms with Crippen molar-refractivity contribution in [2.75, 3.05) is 19.8 Å². The number of aryl methyl sites for hydroxylation is 1. The molecular weight excluding hydrogens is 320 g/mol. The van der Waals surface area contributed by atoms with E-state index in [-0.39, 0.29) is 24.5 Å². The fraction of sp³-hybridized carbons (Fsp3) is 0.467. The van der Waals surface area contributed by atoms with Gasteiger partial charge >= 0.3 is 18.0 Å². The van der Waals surface area contributed by atoms with Crippen LogP contribution in [0.5, 0.6) is 0 Å². The summed E-state index contributed by atoms with van der Waals surface area (Å²) in [6.45, 7) is 6.05. The number of aromatic amines is 1. The van der Waals surface area contributed by atoms with Crippen LogP contribution in [-0.2, 0) is 19.0 Å². The number of H-pyrrole nitrogens is 1. The van der Waals surface area contributed by atoms with Crippen LogP contribution in [0, 0.1) is 13.8 Å². The summed E-state index contributed by atoms with van der Waals surface area (Å²) in [5, 5.41) is 1.90. The van der Waals surface area contributed by atoms with E-state index in [1.54, 1.807) is 27.7 Å². The van der Waals surface area contributed by atoms with Gasteiger partial charge in [-0.2, -0.15) is 0 Å². The Labute approximate surface area is 138 Å². The van der Waals surface area contributed by atoms with Gasteiger partial charge in [0.25, 0.3) is 5.91 Å². The molecule has 0 spiro atoms. The minimum absolute atomic E-state index is 0.108. The molecule has 0 atom stereocenters. The molecule has 132 valence electrons. The van der Waals surface area contributed by atoms with Crippen molar-refractivity contribution in [1.29, 1.82) is 0 Å². The Bertz CT molecular complexity index is 648. The largest absolute Gasteiger partial charge is 0.461 e. The fourth-order valence-corrected chi connectivity index (χ4v) is 1.98. The van der Waals surface area contributed by atoms with Gasteiger partial charge in [0, 0.05) is 5.69 Å². The van der Waals surface area contributed by atoms with E-state index in [4.69, 9.17) is 9.47 Å². The molecule has 0 fully saturated rings. The topological polar surface area (TPSA) is 124 Å². The second kappa shape index (κ2) is 8.70. The zero-order chi connectivity index (χ0) is 18.3. The number of aromatic nitrogens is 1. The van der Waals surface area contributed by atoms with Crippen molar-refractivity contribution in [2.24, 2.45) is 0 Å². The third-order valence-corrected chi connectivity index (χ3v) is 2.97. The molecule has 0 aliphatic heterocycles. The molecule has 1 heterocycles. The molecule has 24 heavy (non-hydrogen) atoms. The van der Waals surface area contributed by atoms with Gasteiger partial charge in [-0.3, -0.25) is 10.1 Å². The Morgan fingerprint density at radius 1 is 0.958 bits per heavy atom. The predicted molar refractivity (Wildman–Crippen MR) is 81.7 cm³/mol. The second-order valence-corrected chi connectivity index (χ2v) is 4.69. The van der Waals surface area contributed by atoms with Crippen LogP contribution in [0.25, 0.3) is 0 Å². The van der Waals surface area contributed by atoms with E-state index in [0.717, 1.165) is 0 Å². The summed E-state index contributed by atoms with van der Waals surface area (Å²) in [5.74, 6) is -2.20. The van der Waals surface area contributed by atoms with Gasteiger partial charge in [0.1, 0.15) is 5.69 Å².